The summed E-state index contributed by atoms with van der Waals surface area (Å²) >= 11 is 0. The van der Waals surface area contributed by atoms with Crippen LogP contribution in [0.15, 0.2) is 49.6 Å². The summed E-state index contributed by atoms with van der Waals surface area (Å²) in [6.45, 7) is 4.16. The molecule has 0 spiro atoms. The molecule has 2 bridgehead atoms. The minimum Gasteiger partial charge on any atom is -0.507 e. The van der Waals surface area contributed by atoms with Gasteiger partial charge in [-0.2, -0.15) is 0 Å². The molecule has 29 heavy (non-hydrogen) atoms. The molecule has 0 saturated carbocycles. The Labute approximate surface area is 168 Å². The molecule has 5 nitrogen and oxygen atoms in total. The van der Waals surface area contributed by atoms with Crippen molar-refractivity contribution < 1.29 is 9.50 Å². The molecule has 148 valence electrons. The summed E-state index contributed by atoms with van der Waals surface area (Å²) in [6.07, 6.45) is 9.54. The van der Waals surface area contributed by atoms with E-state index in [9.17, 15) is 9.50 Å². The number of nitrogens with one attached hydrogen (secondary N) is 1. The number of phenols is 1. The third-order valence-corrected chi connectivity index (χ3v) is 6.28. The van der Waals surface area contributed by atoms with E-state index in [1.165, 1.54) is 0 Å². The summed E-state index contributed by atoms with van der Waals surface area (Å²) < 4.78 is 15.0. The summed E-state index contributed by atoms with van der Waals surface area (Å²) in [7, 11) is 0. The number of rotatable bonds is 3. The van der Waals surface area contributed by atoms with Crippen molar-refractivity contribution in [2.75, 3.05) is 0 Å². The topological polar surface area (TPSA) is 70.9 Å². The highest BCUT2D eigenvalue weighted by Crippen LogP contribution is 2.39. The molecule has 2 aliphatic heterocycles. The van der Waals surface area contributed by atoms with Crippen molar-refractivity contribution in [3.05, 3.63) is 55.3 Å². The summed E-state index contributed by atoms with van der Waals surface area (Å²) in [5.41, 5.74) is 2.50. The van der Waals surface area contributed by atoms with E-state index in [4.69, 9.17) is 0 Å². The lowest BCUT2D eigenvalue weighted by Crippen LogP contribution is -2.55. The van der Waals surface area contributed by atoms with Crippen LogP contribution in [-0.4, -0.2) is 38.3 Å². The fraction of sp³-hybridized carbons (Fsp3) is 0.348. The van der Waals surface area contributed by atoms with Crippen LogP contribution in [-0.2, 0) is 0 Å². The van der Waals surface area contributed by atoms with E-state index in [0.29, 0.717) is 28.6 Å². The van der Waals surface area contributed by atoms with E-state index < -0.39 is 6.17 Å². The highest BCUT2D eigenvalue weighted by atomic mass is 19.1. The Balaban J connectivity index is 1.42. The molecule has 2 aliphatic rings. The number of pyridine rings is 1. The predicted molar refractivity (Wildman–Crippen MR) is 111 cm³/mol. The smallest absolute Gasteiger partial charge is 0.125 e. The largest absolute Gasteiger partial charge is 0.507 e. The fourth-order valence-electron chi connectivity index (χ4n) is 4.69. The van der Waals surface area contributed by atoms with Crippen LogP contribution in [0.3, 0.4) is 0 Å². The molecule has 4 heterocycles. The average Bonchev–Trinajstić information content (AvgIpc) is 2.76. The van der Waals surface area contributed by atoms with Gasteiger partial charge in [-0.1, -0.05) is 13.0 Å². The first kappa shape index (κ1) is 18.2. The molecule has 1 aromatic carbocycles. The first-order valence-electron chi connectivity index (χ1n) is 10.1. The number of piperidine rings is 2. The first-order chi connectivity index (χ1) is 14.1. The number of hydrogen-bond donors (Lipinski definition) is 2. The maximum Gasteiger partial charge on any atom is 0.125 e. The molecule has 0 radical (unpaired) electrons. The number of halogens is 1. The Hall–Kier alpha value is -2.86. The molecule has 2 fully saturated rings. The van der Waals surface area contributed by atoms with Gasteiger partial charge in [0.1, 0.15) is 11.9 Å². The summed E-state index contributed by atoms with van der Waals surface area (Å²) in [6, 6.07) is 5.71. The monoisotopic (exact) mass is 390 g/mol. The number of aromatic nitrogens is 3. The van der Waals surface area contributed by atoms with Crippen molar-refractivity contribution in [2.45, 2.75) is 43.9 Å². The van der Waals surface area contributed by atoms with Crippen molar-refractivity contribution in [1.82, 2.24) is 20.3 Å². The van der Waals surface area contributed by atoms with Gasteiger partial charge in [0, 0.05) is 41.3 Å². The van der Waals surface area contributed by atoms with Gasteiger partial charge in [0.2, 0.25) is 0 Å². The predicted octanol–water partition coefficient (Wildman–Crippen LogP) is 4.28. The van der Waals surface area contributed by atoms with Crippen LogP contribution in [0, 0.1) is 5.92 Å². The summed E-state index contributed by atoms with van der Waals surface area (Å²) in [5.74, 6) is -0.102. The number of aromatic hydroxyl groups is 1. The van der Waals surface area contributed by atoms with Crippen LogP contribution in [0.2, 0.25) is 0 Å². The molecule has 4 atom stereocenters. The fourth-order valence-corrected chi connectivity index (χ4v) is 4.69. The van der Waals surface area contributed by atoms with Crippen LogP contribution >= 0.6 is 0 Å². The van der Waals surface area contributed by atoms with Gasteiger partial charge < -0.3 is 10.4 Å². The minimum atomic E-state index is -0.946. The molecule has 2 N–H and O–H groups in total. The maximum atomic E-state index is 15.0. The molecule has 5 rings (SSSR count). The van der Waals surface area contributed by atoms with Crippen molar-refractivity contribution in [2.24, 2.45) is 5.92 Å². The van der Waals surface area contributed by atoms with E-state index in [2.05, 4.69) is 26.8 Å². The van der Waals surface area contributed by atoms with Crippen molar-refractivity contribution in [3.63, 3.8) is 0 Å². The van der Waals surface area contributed by atoms with Gasteiger partial charge in [-0.3, -0.25) is 15.0 Å². The standard InChI is InChI=1S/C23H23FN4O/c1-13(17-9-16-3-2-4-19(28-16)23(17)24)20-11-27-21(12-26-20)18-7-14-5-6-25-10-15(14)8-22(18)29/h5-8,10-12,16-17,19,23,28-29H,1-4,9H2/t16-,17+,19+,23+/m1/s1. The van der Waals surface area contributed by atoms with Gasteiger partial charge in [0.25, 0.3) is 0 Å². The van der Waals surface area contributed by atoms with E-state index >= 15 is 0 Å². The number of phenolic OH excluding ortho intramolecular Hbond substituents is 1. The van der Waals surface area contributed by atoms with Crippen molar-refractivity contribution in [1.29, 1.82) is 0 Å². The van der Waals surface area contributed by atoms with E-state index in [1.54, 1.807) is 30.9 Å². The molecule has 0 amide bonds. The molecule has 6 heteroatoms. The van der Waals surface area contributed by atoms with Gasteiger partial charge in [-0.25, -0.2) is 4.39 Å². The first-order valence-corrected chi connectivity index (χ1v) is 10.1. The second-order valence-electron chi connectivity index (χ2n) is 8.09. The maximum absolute atomic E-state index is 15.0. The number of nitrogens with zero attached hydrogens (tertiary/aromatic N) is 3. The lowest BCUT2D eigenvalue weighted by Gasteiger charge is -2.43. The van der Waals surface area contributed by atoms with Crippen LogP contribution in [0.25, 0.3) is 27.6 Å². The number of hydrogen-bond acceptors (Lipinski definition) is 5. The Morgan fingerprint density at radius 1 is 1.14 bits per heavy atom. The van der Waals surface area contributed by atoms with Gasteiger partial charge in [-0.05, 0) is 48.4 Å². The average molecular weight is 390 g/mol. The zero-order valence-corrected chi connectivity index (χ0v) is 16.1. The highest BCUT2D eigenvalue weighted by molar-refractivity contribution is 5.89. The molecule has 2 saturated heterocycles. The molecule has 2 aromatic heterocycles. The molecule has 0 unspecified atom stereocenters. The number of benzene rings is 1. The van der Waals surface area contributed by atoms with Gasteiger partial charge in [-0.15, -0.1) is 0 Å². The number of fused-ring (bicyclic) bond motifs is 3. The number of alkyl halides is 1. The molecule has 3 aromatic rings. The second kappa shape index (κ2) is 7.19. The normalized spacial score (nSPS) is 26.4. The van der Waals surface area contributed by atoms with Crippen molar-refractivity contribution >= 4 is 16.3 Å². The zero-order valence-electron chi connectivity index (χ0n) is 16.1. The lowest BCUT2D eigenvalue weighted by molar-refractivity contribution is 0.0982. The summed E-state index contributed by atoms with van der Waals surface area (Å²) in [4.78, 5) is 13.1. The van der Waals surface area contributed by atoms with Crippen LogP contribution in [0.5, 0.6) is 5.75 Å². The van der Waals surface area contributed by atoms with Crippen LogP contribution < -0.4 is 5.32 Å². The SMILES string of the molecule is C=C(c1cnc(-c2cc3ccncc3cc2O)cn1)[C@@H]1C[C@H]2CCC[C@H](N2)[C@H]1F. The van der Waals surface area contributed by atoms with Gasteiger partial charge in [0.05, 0.1) is 23.8 Å². The third kappa shape index (κ3) is 3.27. The minimum absolute atomic E-state index is 0.0829. The summed E-state index contributed by atoms with van der Waals surface area (Å²) in [5, 5.41) is 15.6. The molecular weight excluding hydrogens is 367 g/mol. The second-order valence-corrected chi connectivity index (χ2v) is 8.09. The molecular formula is C23H23FN4O. The third-order valence-electron chi connectivity index (χ3n) is 6.28. The number of allylic oxidation sites excluding steroid dienone is 1. The highest BCUT2D eigenvalue weighted by Gasteiger charge is 2.41. The van der Waals surface area contributed by atoms with Crippen LogP contribution in [0.4, 0.5) is 4.39 Å². The van der Waals surface area contributed by atoms with E-state index in [-0.39, 0.29) is 17.7 Å². The Kier molecular flexibility index (Phi) is 4.51. The van der Waals surface area contributed by atoms with E-state index in [0.717, 1.165) is 36.5 Å². The molecule has 0 aliphatic carbocycles. The zero-order chi connectivity index (χ0) is 20.0. The lowest BCUT2D eigenvalue weighted by atomic mass is 9.75. The van der Waals surface area contributed by atoms with E-state index in [1.807, 2.05) is 12.1 Å². The van der Waals surface area contributed by atoms with Crippen LogP contribution in [0.1, 0.15) is 31.4 Å². The Morgan fingerprint density at radius 2 is 2.03 bits per heavy atom. The Bertz CT molecular complexity index is 1070. The van der Waals surface area contributed by atoms with Gasteiger partial charge in [0.15, 0.2) is 0 Å². The van der Waals surface area contributed by atoms with Gasteiger partial charge >= 0.3 is 0 Å². The quantitative estimate of drug-likeness (QED) is 0.699. The Morgan fingerprint density at radius 3 is 2.86 bits per heavy atom. The van der Waals surface area contributed by atoms with Crippen molar-refractivity contribution in [3.8, 4) is 17.0 Å².